The van der Waals surface area contributed by atoms with Gasteiger partial charge in [-0.3, -0.25) is 4.79 Å². The second-order valence-corrected chi connectivity index (χ2v) is 5.66. The Kier molecular flexibility index (Phi) is 3.93. The number of carbonyl (C=O) groups excluding carboxylic acids is 1. The molecule has 0 fully saturated rings. The Balaban J connectivity index is 1.94. The highest BCUT2D eigenvalue weighted by atomic mass is 32.2. The van der Waals surface area contributed by atoms with Crippen molar-refractivity contribution in [1.82, 2.24) is 0 Å². The van der Waals surface area contributed by atoms with Crippen LogP contribution in [0, 0.1) is 0 Å². The number of allylic oxidation sites excluding steroid dienone is 1. The third-order valence-electron chi connectivity index (χ3n) is 3.14. The topological polar surface area (TPSA) is 26.3 Å². The SMILES string of the molecule is C=CCOc1ccccc1C=C1Sc2ccccc2C1=O. The van der Waals surface area contributed by atoms with Gasteiger partial charge in [0.15, 0.2) is 0 Å². The van der Waals surface area contributed by atoms with Gasteiger partial charge in [0.05, 0.1) is 4.91 Å². The Morgan fingerprint density at radius 3 is 2.67 bits per heavy atom. The van der Waals surface area contributed by atoms with Crippen LogP contribution in [0.2, 0.25) is 0 Å². The quantitative estimate of drug-likeness (QED) is 0.610. The molecule has 3 rings (SSSR count). The fraction of sp³-hybridized carbons (Fsp3) is 0.0556. The molecule has 0 atom stereocenters. The average Bonchev–Trinajstić information content (AvgIpc) is 2.83. The van der Waals surface area contributed by atoms with Crippen molar-refractivity contribution in [2.45, 2.75) is 4.90 Å². The van der Waals surface area contributed by atoms with Gasteiger partial charge in [0.25, 0.3) is 0 Å². The molecule has 2 aromatic carbocycles. The van der Waals surface area contributed by atoms with E-state index in [1.807, 2.05) is 54.6 Å². The number of benzene rings is 2. The van der Waals surface area contributed by atoms with Gasteiger partial charge < -0.3 is 4.74 Å². The molecule has 3 heteroatoms. The normalized spacial score (nSPS) is 15.0. The number of Topliss-reactive ketones (excluding diaryl/α,β-unsaturated/α-hetero) is 1. The first kappa shape index (κ1) is 13.7. The van der Waals surface area contributed by atoms with Gasteiger partial charge in [-0.1, -0.05) is 54.7 Å². The zero-order valence-electron chi connectivity index (χ0n) is 11.4. The second kappa shape index (κ2) is 6.02. The summed E-state index contributed by atoms with van der Waals surface area (Å²) in [5.41, 5.74) is 1.68. The maximum absolute atomic E-state index is 12.4. The van der Waals surface area contributed by atoms with E-state index in [9.17, 15) is 4.79 Å². The number of hydrogen-bond acceptors (Lipinski definition) is 3. The molecule has 0 saturated carbocycles. The number of fused-ring (bicyclic) bond motifs is 1. The fourth-order valence-corrected chi connectivity index (χ4v) is 3.20. The summed E-state index contributed by atoms with van der Waals surface area (Å²) < 4.78 is 5.63. The first-order valence-electron chi connectivity index (χ1n) is 6.65. The highest BCUT2D eigenvalue weighted by molar-refractivity contribution is 8.04. The summed E-state index contributed by atoms with van der Waals surface area (Å²) in [6, 6.07) is 15.4. The van der Waals surface area contributed by atoms with Crippen molar-refractivity contribution in [2.75, 3.05) is 6.61 Å². The van der Waals surface area contributed by atoms with Crippen molar-refractivity contribution in [3.8, 4) is 5.75 Å². The molecule has 2 aromatic rings. The van der Waals surface area contributed by atoms with E-state index in [2.05, 4.69) is 6.58 Å². The van der Waals surface area contributed by atoms with E-state index >= 15 is 0 Å². The summed E-state index contributed by atoms with van der Waals surface area (Å²) in [6.45, 7) is 4.10. The molecule has 0 aliphatic carbocycles. The van der Waals surface area contributed by atoms with Crippen LogP contribution in [0.3, 0.4) is 0 Å². The third kappa shape index (κ3) is 2.78. The van der Waals surface area contributed by atoms with Crippen molar-refractivity contribution in [3.05, 3.63) is 77.2 Å². The van der Waals surface area contributed by atoms with Gasteiger partial charge >= 0.3 is 0 Å². The number of carbonyl (C=O) groups is 1. The Hall–Kier alpha value is -2.26. The molecule has 0 amide bonds. The van der Waals surface area contributed by atoms with Crippen molar-refractivity contribution in [2.24, 2.45) is 0 Å². The lowest BCUT2D eigenvalue weighted by Gasteiger charge is -2.07. The molecule has 1 heterocycles. The third-order valence-corrected chi connectivity index (χ3v) is 4.24. The molecule has 0 spiro atoms. The van der Waals surface area contributed by atoms with Gasteiger partial charge in [-0.15, -0.1) is 0 Å². The molecule has 0 N–H and O–H groups in total. The number of ketones is 1. The minimum absolute atomic E-state index is 0.0779. The van der Waals surface area contributed by atoms with Gasteiger partial charge in [-0.05, 0) is 24.3 Å². The lowest BCUT2D eigenvalue weighted by molar-refractivity contribution is 0.104. The summed E-state index contributed by atoms with van der Waals surface area (Å²) >= 11 is 1.51. The van der Waals surface area contributed by atoms with E-state index in [0.29, 0.717) is 6.61 Å². The van der Waals surface area contributed by atoms with Crippen LogP contribution in [0.25, 0.3) is 6.08 Å². The van der Waals surface area contributed by atoms with Crippen molar-refractivity contribution >= 4 is 23.6 Å². The average molecular weight is 294 g/mol. The summed E-state index contributed by atoms with van der Waals surface area (Å²) in [7, 11) is 0. The van der Waals surface area contributed by atoms with E-state index < -0.39 is 0 Å². The maximum Gasteiger partial charge on any atom is 0.200 e. The zero-order chi connectivity index (χ0) is 14.7. The Labute approximate surface area is 128 Å². The fourth-order valence-electron chi connectivity index (χ4n) is 2.16. The first-order chi connectivity index (χ1) is 10.3. The van der Waals surface area contributed by atoms with Gasteiger partial charge in [-0.25, -0.2) is 0 Å². The van der Waals surface area contributed by atoms with Crippen molar-refractivity contribution in [3.63, 3.8) is 0 Å². The Morgan fingerprint density at radius 1 is 1.10 bits per heavy atom. The van der Waals surface area contributed by atoms with E-state index in [-0.39, 0.29) is 5.78 Å². The molecule has 21 heavy (non-hydrogen) atoms. The highest BCUT2D eigenvalue weighted by Crippen LogP contribution is 2.41. The summed E-state index contributed by atoms with van der Waals surface area (Å²) in [6.07, 6.45) is 3.60. The Morgan fingerprint density at radius 2 is 1.86 bits per heavy atom. The molecular formula is C18H14O2S. The van der Waals surface area contributed by atoms with Crippen molar-refractivity contribution in [1.29, 1.82) is 0 Å². The van der Waals surface area contributed by atoms with E-state index in [1.165, 1.54) is 11.8 Å². The predicted molar refractivity (Wildman–Crippen MR) is 86.7 cm³/mol. The Bertz CT molecular complexity index is 732. The molecule has 1 aliphatic heterocycles. The minimum Gasteiger partial charge on any atom is -0.489 e. The standard InChI is InChI=1S/C18H14O2S/c1-2-11-20-15-9-5-3-7-13(15)12-17-18(19)14-8-4-6-10-16(14)21-17/h2-10,12H,1,11H2. The molecule has 0 aromatic heterocycles. The van der Waals surface area contributed by atoms with Crippen LogP contribution in [-0.4, -0.2) is 12.4 Å². The second-order valence-electron chi connectivity index (χ2n) is 4.57. The van der Waals surface area contributed by atoms with Crippen LogP contribution in [0.5, 0.6) is 5.75 Å². The number of para-hydroxylation sites is 1. The van der Waals surface area contributed by atoms with Gasteiger partial charge in [0, 0.05) is 16.0 Å². The van der Waals surface area contributed by atoms with E-state index in [4.69, 9.17) is 4.74 Å². The smallest absolute Gasteiger partial charge is 0.200 e. The molecule has 0 unspecified atom stereocenters. The van der Waals surface area contributed by atoms with E-state index in [0.717, 1.165) is 26.7 Å². The highest BCUT2D eigenvalue weighted by Gasteiger charge is 2.25. The first-order valence-corrected chi connectivity index (χ1v) is 7.47. The molecule has 0 radical (unpaired) electrons. The van der Waals surface area contributed by atoms with Crippen LogP contribution in [0.15, 0.2) is 71.0 Å². The van der Waals surface area contributed by atoms with Crippen LogP contribution >= 0.6 is 11.8 Å². The van der Waals surface area contributed by atoms with Gasteiger partial charge in [0.1, 0.15) is 12.4 Å². The summed E-state index contributed by atoms with van der Waals surface area (Å²) in [4.78, 5) is 14.1. The van der Waals surface area contributed by atoms with Gasteiger partial charge in [0.2, 0.25) is 5.78 Å². The van der Waals surface area contributed by atoms with Crippen molar-refractivity contribution < 1.29 is 9.53 Å². The van der Waals surface area contributed by atoms with Crippen LogP contribution in [-0.2, 0) is 0 Å². The van der Waals surface area contributed by atoms with Crippen LogP contribution in [0.4, 0.5) is 0 Å². The monoisotopic (exact) mass is 294 g/mol. The molecule has 2 nitrogen and oxygen atoms in total. The molecule has 104 valence electrons. The van der Waals surface area contributed by atoms with Crippen LogP contribution in [0.1, 0.15) is 15.9 Å². The minimum atomic E-state index is 0.0779. The number of ether oxygens (including phenoxy) is 1. The number of thioether (sulfide) groups is 1. The van der Waals surface area contributed by atoms with Crippen LogP contribution < -0.4 is 4.74 Å². The lowest BCUT2D eigenvalue weighted by Crippen LogP contribution is -1.96. The predicted octanol–water partition coefficient (Wildman–Crippen LogP) is 4.58. The number of rotatable bonds is 4. The molecule has 0 saturated heterocycles. The summed E-state index contributed by atoms with van der Waals surface area (Å²) in [5, 5.41) is 0. The molecule has 0 bridgehead atoms. The maximum atomic E-state index is 12.4. The molecular weight excluding hydrogens is 280 g/mol. The number of hydrogen-bond donors (Lipinski definition) is 0. The summed E-state index contributed by atoms with van der Waals surface area (Å²) in [5.74, 6) is 0.836. The van der Waals surface area contributed by atoms with Gasteiger partial charge in [-0.2, -0.15) is 0 Å². The zero-order valence-corrected chi connectivity index (χ0v) is 12.2. The lowest BCUT2D eigenvalue weighted by atomic mass is 10.1. The largest absolute Gasteiger partial charge is 0.489 e. The molecule has 1 aliphatic rings. The van der Waals surface area contributed by atoms with E-state index in [1.54, 1.807) is 6.08 Å².